The summed E-state index contributed by atoms with van der Waals surface area (Å²) in [4.78, 5) is 23.5. The Morgan fingerprint density at radius 3 is 2.80 bits per heavy atom. The molecule has 0 bridgehead atoms. The maximum absolute atomic E-state index is 10.8. The number of hydrogen-bond acceptors (Lipinski definition) is 3. The Bertz CT molecular complexity index is 255. The van der Waals surface area contributed by atoms with Crippen molar-refractivity contribution in [3.05, 3.63) is 0 Å². The molecule has 2 unspecified atom stereocenters. The minimum Gasteiger partial charge on any atom is -0.481 e. The number of rotatable bonds is 4. The van der Waals surface area contributed by atoms with Crippen molar-refractivity contribution in [2.45, 2.75) is 38.8 Å². The van der Waals surface area contributed by atoms with Gasteiger partial charge in [-0.15, -0.1) is 0 Å². The van der Waals surface area contributed by atoms with Crippen LogP contribution in [0, 0.1) is 0 Å². The number of carbonyl (C=O) groups excluding carboxylic acids is 1. The number of carboxylic acids is 1. The fraction of sp³-hybridized carbons (Fsp3) is 0.800. The number of aliphatic carboxylic acids is 1. The molecule has 1 heterocycles. The van der Waals surface area contributed by atoms with Crippen molar-refractivity contribution in [3.63, 3.8) is 0 Å². The molecule has 2 atom stereocenters. The molecule has 1 aliphatic heterocycles. The van der Waals surface area contributed by atoms with Gasteiger partial charge in [-0.2, -0.15) is 0 Å². The standard InChI is InChI=1S/C10H18N2O3/c1-7(5-10(14)15)12-4-3-9(6-12)11-8(2)13/h7,9H,3-6H2,1-2H3,(H,11,13)(H,14,15). The lowest BCUT2D eigenvalue weighted by Gasteiger charge is -2.22. The van der Waals surface area contributed by atoms with Gasteiger partial charge in [0.15, 0.2) is 0 Å². The molecule has 86 valence electrons. The highest BCUT2D eigenvalue weighted by Crippen LogP contribution is 2.14. The molecule has 15 heavy (non-hydrogen) atoms. The average Bonchev–Trinajstić information content (AvgIpc) is 2.50. The van der Waals surface area contributed by atoms with Gasteiger partial charge in [0, 0.05) is 32.1 Å². The fourth-order valence-electron chi connectivity index (χ4n) is 1.97. The van der Waals surface area contributed by atoms with Gasteiger partial charge in [0.25, 0.3) is 0 Å². The molecule has 0 aromatic rings. The highest BCUT2D eigenvalue weighted by atomic mass is 16.4. The topological polar surface area (TPSA) is 69.6 Å². The van der Waals surface area contributed by atoms with Crippen LogP contribution < -0.4 is 5.32 Å². The molecule has 1 amide bonds. The van der Waals surface area contributed by atoms with Crippen molar-refractivity contribution in [1.82, 2.24) is 10.2 Å². The van der Waals surface area contributed by atoms with Gasteiger partial charge in [-0.05, 0) is 13.3 Å². The zero-order valence-electron chi connectivity index (χ0n) is 9.19. The molecule has 1 rings (SSSR count). The van der Waals surface area contributed by atoms with Crippen LogP contribution >= 0.6 is 0 Å². The van der Waals surface area contributed by atoms with E-state index < -0.39 is 5.97 Å². The zero-order chi connectivity index (χ0) is 11.4. The Balaban J connectivity index is 2.35. The quantitative estimate of drug-likeness (QED) is 0.694. The molecule has 0 spiro atoms. The van der Waals surface area contributed by atoms with Crippen molar-refractivity contribution >= 4 is 11.9 Å². The molecule has 5 nitrogen and oxygen atoms in total. The van der Waals surface area contributed by atoms with Gasteiger partial charge < -0.3 is 10.4 Å². The van der Waals surface area contributed by atoms with Gasteiger partial charge >= 0.3 is 5.97 Å². The smallest absolute Gasteiger partial charge is 0.304 e. The minimum atomic E-state index is -0.773. The Kier molecular flexibility index (Phi) is 4.08. The average molecular weight is 214 g/mol. The van der Waals surface area contributed by atoms with Crippen molar-refractivity contribution in [2.75, 3.05) is 13.1 Å². The summed E-state index contributed by atoms with van der Waals surface area (Å²) in [6.07, 6.45) is 1.07. The first-order chi connectivity index (χ1) is 6.99. The molecule has 2 N–H and O–H groups in total. The highest BCUT2D eigenvalue weighted by molar-refractivity contribution is 5.73. The highest BCUT2D eigenvalue weighted by Gasteiger charge is 2.27. The first-order valence-corrected chi connectivity index (χ1v) is 5.22. The first-order valence-electron chi connectivity index (χ1n) is 5.22. The predicted molar refractivity (Wildman–Crippen MR) is 55.5 cm³/mol. The van der Waals surface area contributed by atoms with Crippen LogP contribution in [0.3, 0.4) is 0 Å². The molecule has 0 aromatic carbocycles. The molecular formula is C10H18N2O3. The number of carbonyl (C=O) groups is 2. The van der Waals surface area contributed by atoms with E-state index in [4.69, 9.17) is 5.11 Å². The van der Waals surface area contributed by atoms with E-state index in [1.54, 1.807) is 0 Å². The second-order valence-corrected chi connectivity index (χ2v) is 4.13. The molecule has 1 saturated heterocycles. The number of amides is 1. The van der Waals surface area contributed by atoms with Crippen LogP contribution in [0.5, 0.6) is 0 Å². The summed E-state index contributed by atoms with van der Waals surface area (Å²) in [6.45, 7) is 5.03. The van der Waals surface area contributed by atoms with Gasteiger partial charge in [-0.3, -0.25) is 14.5 Å². The van der Waals surface area contributed by atoms with Crippen LogP contribution in [-0.4, -0.2) is 47.1 Å². The van der Waals surface area contributed by atoms with Gasteiger partial charge in [-0.25, -0.2) is 0 Å². The molecular weight excluding hydrogens is 196 g/mol. The summed E-state index contributed by atoms with van der Waals surface area (Å²) in [7, 11) is 0. The molecule has 5 heteroatoms. The largest absolute Gasteiger partial charge is 0.481 e. The van der Waals surface area contributed by atoms with Gasteiger partial charge in [-0.1, -0.05) is 0 Å². The minimum absolute atomic E-state index is 0.0206. The Morgan fingerprint density at radius 1 is 1.60 bits per heavy atom. The van der Waals surface area contributed by atoms with Crippen molar-refractivity contribution in [3.8, 4) is 0 Å². The first kappa shape index (κ1) is 12.0. The molecule has 1 fully saturated rings. The molecule has 1 aliphatic rings. The Morgan fingerprint density at radius 2 is 2.27 bits per heavy atom. The van der Waals surface area contributed by atoms with E-state index in [9.17, 15) is 9.59 Å². The van der Waals surface area contributed by atoms with Gasteiger partial charge in [0.2, 0.25) is 5.91 Å². The molecule has 0 saturated carbocycles. The Hall–Kier alpha value is -1.10. The molecule has 0 aromatic heterocycles. The normalized spacial score (nSPS) is 23.7. The number of likely N-dealkylation sites (tertiary alicyclic amines) is 1. The predicted octanol–water partition coefficient (Wildman–Crippen LogP) is 0.0600. The fourth-order valence-corrected chi connectivity index (χ4v) is 1.97. The van der Waals surface area contributed by atoms with Crippen LogP contribution in [-0.2, 0) is 9.59 Å². The third kappa shape index (κ3) is 3.87. The van der Waals surface area contributed by atoms with E-state index in [2.05, 4.69) is 10.2 Å². The summed E-state index contributed by atoms with van der Waals surface area (Å²) in [5.74, 6) is -0.793. The van der Waals surface area contributed by atoms with Crippen LogP contribution in [0.15, 0.2) is 0 Å². The number of hydrogen-bond donors (Lipinski definition) is 2. The van der Waals surface area contributed by atoms with E-state index in [-0.39, 0.29) is 24.4 Å². The maximum Gasteiger partial charge on any atom is 0.304 e. The summed E-state index contributed by atoms with van der Waals surface area (Å²) in [5.41, 5.74) is 0. The van der Waals surface area contributed by atoms with Crippen LogP contribution in [0.25, 0.3) is 0 Å². The second-order valence-electron chi connectivity index (χ2n) is 4.13. The van der Waals surface area contributed by atoms with Crippen LogP contribution in [0.4, 0.5) is 0 Å². The molecule has 0 aliphatic carbocycles. The van der Waals surface area contributed by atoms with Crippen molar-refractivity contribution < 1.29 is 14.7 Å². The van der Waals surface area contributed by atoms with E-state index in [0.29, 0.717) is 0 Å². The van der Waals surface area contributed by atoms with Crippen molar-refractivity contribution in [2.24, 2.45) is 0 Å². The summed E-state index contributed by atoms with van der Waals surface area (Å²) in [5, 5.41) is 11.5. The summed E-state index contributed by atoms with van der Waals surface area (Å²) >= 11 is 0. The van der Waals surface area contributed by atoms with Crippen LogP contribution in [0.2, 0.25) is 0 Å². The second kappa shape index (κ2) is 5.11. The van der Waals surface area contributed by atoms with Crippen molar-refractivity contribution in [1.29, 1.82) is 0 Å². The summed E-state index contributed by atoms with van der Waals surface area (Å²) < 4.78 is 0. The lowest BCUT2D eigenvalue weighted by molar-refractivity contribution is -0.138. The molecule has 0 radical (unpaired) electrons. The van der Waals surface area contributed by atoms with E-state index in [1.165, 1.54) is 6.92 Å². The Labute approximate surface area is 89.4 Å². The lowest BCUT2D eigenvalue weighted by atomic mass is 10.2. The zero-order valence-corrected chi connectivity index (χ0v) is 9.19. The third-order valence-electron chi connectivity index (χ3n) is 2.72. The van der Waals surface area contributed by atoms with Crippen LogP contribution in [0.1, 0.15) is 26.7 Å². The number of nitrogens with one attached hydrogen (secondary N) is 1. The number of nitrogens with zero attached hydrogens (tertiary/aromatic N) is 1. The van der Waals surface area contributed by atoms with E-state index >= 15 is 0 Å². The summed E-state index contributed by atoms with van der Waals surface area (Å²) in [6, 6.07) is 0.222. The lowest BCUT2D eigenvalue weighted by Crippen LogP contribution is -2.38. The van der Waals surface area contributed by atoms with E-state index in [0.717, 1.165) is 19.5 Å². The SMILES string of the molecule is CC(=O)NC1CCN(C(C)CC(=O)O)C1. The third-order valence-corrected chi connectivity index (χ3v) is 2.72. The monoisotopic (exact) mass is 214 g/mol. The number of carboxylic acid groups (broad SMARTS) is 1. The van der Waals surface area contributed by atoms with E-state index in [1.807, 2.05) is 6.92 Å². The van der Waals surface area contributed by atoms with Gasteiger partial charge in [0.05, 0.1) is 6.42 Å². The van der Waals surface area contributed by atoms with Gasteiger partial charge in [0.1, 0.15) is 0 Å². The maximum atomic E-state index is 10.8.